The van der Waals surface area contributed by atoms with Gasteiger partial charge in [0.15, 0.2) is 0 Å². The van der Waals surface area contributed by atoms with Gasteiger partial charge in [-0.2, -0.15) is 0 Å². The molecule has 0 N–H and O–H groups in total. The molecule has 0 amide bonds. The van der Waals surface area contributed by atoms with Crippen molar-refractivity contribution >= 4 is 0 Å². The molecule has 0 aromatic rings. The first-order valence-corrected chi connectivity index (χ1v) is 2.71. The van der Waals surface area contributed by atoms with Crippen LogP contribution in [0.2, 0.25) is 0 Å². The second kappa shape index (κ2) is 2.02. The lowest BCUT2D eigenvalue weighted by molar-refractivity contribution is -0.0994. The van der Waals surface area contributed by atoms with Gasteiger partial charge in [0.05, 0.1) is 12.7 Å². The Hall–Kier alpha value is -0.520. The first-order valence-electron chi connectivity index (χ1n) is 2.71. The second-order valence-electron chi connectivity index (χ2n) is 2.06. The summed E-state index contributed by atoms with van der Waals surface area (Å²) in [7, 11) is 0. The van der Waals surface area contributed by atoms with E-state index in [4.69, 9.17) is 22.8 Å². The smallest absolute Gasteiger partial charge is 0.230 e. The van der Waals surface area contributed by atoms with Crippen molar-refractivity contribution in [1.29, 1.82) is 0 Å². The summed E-state index contributed by atoms with van der Waals surface area (Å²) in [6, 6.07) is 0. The Bertz CT molecular complexity index is 147. The van der Waals surface area contributed by atoms with Gasteiger partial charge < -0.3 is 9.47 Å². The highest BCUT2D eigenvalue weighted by atomic mass is 16.7. The van der Waals surface area contributed by atoms with E-state index < -0.39 is 5.79 Å². The van der Waals surface area contributed by atoms with Gasteiger partial charge in [0.25, 0.3) is 0 Å². The fourth-order valence-corrected chi connectivity index (χ4v) is 0.674. The summed E-state index contributed by atoms with van der Waals surface area (Å²) in [6.07, 6.45) is 4.71. The molecule has 0 spiro atoms. The van der Waals surface area contributed by atoms with Crippen molar-refractivity contribution in [2.75, 3.05) is 6.61 Å². The molecule has 48 valence electrons. The van der Waals surface area contributed by atoms with Gasteiger partial charge in [0.1, 0.15) is 0 Å². The number of ether oxygens (including phenoxy) is 2. The van der Waals surface area contributed by atoms with Gasteiger partial charge in [-0.3, -0.25) is 0 Å². The van der Waals surface area contributed by atoms with E-state index >= 15 is 0 Å². The molecule has 0 aromatic heterocycles. The quantitative estimate of drug-likeness (QED) is 0.437. The zero-order valence-electron chi connectivity index (χ0n) is 5.26. The van der Waals surface area contributed by atoms with Gasteiger partial charge in [-0.25, -0.2) is 0 Å². The summed E-state index contributed by atoms with van der Waals surface area (Å²) in [5.41, 5.74) is 0. The largest absolute Gasteiger partial charge is 0.337 e. The first-order chi connectivity index (χ1) is 4.16. The molecule has 1 fully saturated rings. The molecule has 1 aliphatic heterocycles. The van der Waals surface area contributed by atoms with Gasteiger partial charge in [-0.1, -0.05) is 0 Å². The van der Waals surface area contributed by atoms with E-state index in [2.05, 4.69) is 5.92 Å². The molecule has 9 heavy (non-hydrogen) atoms. The zero-order chi connectivity index (χ0) is 6.91. The Labute approximate surface area is 55.1 Å². The van der Waals surface area contributed by atoms with Crippen molar-refractivity contribution in [2.24, 2.45) is 0 Å². The highest BCUT2D eigenvalue weighted by Gasteiger charge is 2.32. The predicted octanol–water partition coefficient (Wildman–Crippen LogP) is 0.462. The number of hydrogen-bond acceptors (Lipinski definition) is 2. The van der Waals surface area contributed by atoms with Gasteiger partial charge in [0.2, 0.25) is 5.79 Å². The molecule has 0 saturated carbocycles. The summed E-state index contributed by atoms with van der Waals surface area (Å²) in [5, 5.41) is 0. The van der Waals surface area contributed by atoms with Crippen molar-refractivity contribution in [2.45, 2.75) is 18.8 Å². The molecule has 1 heterocycles. The van der Waals surface area contributed by atoms with Crippen LogP contribution < -0.4 is 0 Å². The monoisotopic (exact) mass is 124 g/mol. The van der Waals surface area contributed by atoms with Crippen molar-refractivity contribution in [3.05, 3.63) is 6.92 Å². The Morgan fingerprint density at radius 1 is 1.78 bits per heavy atom. The second-order valence-corrected chi connectivity index (χ2v) is 2.06. The molecular weight excluding hydrogens is 116 g/mol. The fraction of sp³-hybridized carbons (Fsp3) is 0.571. The lowest BCUT2D eigenvalue weighted by Crippen LogP contribution is -2.23. The Kier molecular flexibility index (Phi) is 1.48. The third kappa shape index (κ3) is 1.24. The number of rotatable bonds is 0. The molecule has 1 rings (SSSR count). The van der Waals surface area contributed by atoms with Gasteiger partial charge >= 0.3 is 0 Å². The van der Waals surface area contributed by atoms with Crippen LogP contribution in [0.1, 0.15) is 6.92 Å². The lowest BCUT2D eigenvalue weighted by Gasteiger charge is -2.13. The molecule has 0 bridgehead atoms. The average molecular weight is 124 g/mol. The summed E-state index contributed by atoms with van der Waals surface area (Å²) in [4.78, 5) is 0. The molecule has 2 atom stereocenters. The minimum absolute atomic E-state index is 0.369. The molecule has 2 nitrogen and oxygen atoms in total. The maximum absolute atomic E-state index is 5.34. The lowest BCUT2D eigenvalue weighted by atomic mass is 10.3. The Balaban J connectivity index is 2.58. The normalized spacial score (nSPS) is 42.6. The Morgan fingerprint density at radius 2 is 2.44 bits per heavy atom. The van der Waals surface area contributed by atoms with Crippen LogP contribution in [0.5, 0.6) is 0 Å². The standard InChI is InChI=1S/C7H8O2/c1-4-7(3)8-5-6(2)9-7/h1-2,6H,5H2,3H3. The van der Waals surface area contributed by atoms with Gasteiger partial charge in [-0.15, -0.1) is 6.42 Å². The molecule has 1 saturated heterocycles. The molecule has 1 aliphatic rings. The molecular formula is C7H8O2. The third-order valence-corrected chi connectivity index (χ3v) is 1.16. The summed E-state index contributed by atoms with van der Waals surface area (Å²) >= 11 is 0. The number of hydrogen-bond donors (Lipinski definition) is 0. The van der Waals surface area contributed by atoms with Gasteiger partial charge in [0, 0.05) is 6.92 Å². The third-order valence-electron chi connectivity index (χ3n) is 1.16. The van der Waals surface area contributed by atoms with Gasteiger partial charge in [-0.05, 0) is 12.8 Å². The summed E-state index contributed by atoms with van der Waals surface area (Å²) in [6.45, 7) is 7.39. The van der Waals surface area contributed by atoms with E-state index in [0.29, 0.717) is 6.61 Å². The maximum Gasteiger partial charge on any atom is 0.230 e. The molecule has 2 heteroatoms. The van der Waals surface area contributed by atoms with Crippen LogP contribution in [0.15, 0.2) is 0 Å². The molecule has 0 aromatic carbocycles. The first kappa shape index (κ1) is 6.60. The highest BCUT2D eigenvalue weighted by Crippen LogP contribution is 2.20. The Morgan fingerprint density at radius 3 is 2.67 bits per heavy atom. The van der Waals surface area contributed by atoms with Crippen LogP contribution in [0, 0.1) is 19.3 Å². The van der Waals surface area contributed by atoms with Crippen LogP contribution in [-0.4, -0.2) is 18.5 Å². The van der Waals surface area contributed by atoms with Crippen LogP contribution >= 0.6 is 0 Å². The van der Waals surface area contributed by atoms with Crippen LogP contribution in [0.25, 0.3) is 0 Å². The van der Waals surface area contributed by atoms with Crippen molar-refractivity contribution in [3.8, 4) is 12.3 Å². The van der Waals surface area contributed by atoms with E-state index in [9.17, 15) is 0 Å². The van der Waals surface area contributed by atoms with E-state index in [1.54, 1.807) is 6.92 Å². The number of terminal acetylenes is 1. The topological polar surface area (TPSA) is 18.5 Å². The predicted molar refractivity (Wildman–Crippen MR) is 32.4 cm³/mol. The zero-order valence-corrected chi connectivity index (χ0v) is 5.26. The van der Waals surface area contributed by atoms with Crippen molar-refractivity contribution in [1.82, 2.24) is 0 Å². The van der Waals surface area contributed by atoms with Crippen LogP contribution in [0.4, 0.5) is 0 Å². The minimum Gasteiger partial charge on any atom is -0.337 e. The minimum atomic E-state index is -0.889. The maximum atomic E-state index is 5.34. The molecule has 2 unspecified atom stereocenters. The van der Waals surface area contributed by atoms with Crippen LogP contribution in [0.3, 0.4) is 0 Å². The SMILES string of the molecule is [CH]C1COC(C)(C#C)O1. The van der Waals surface area contributed by atoms with Crippen molar-refractivity contribution < 1.29 is 9.47 Å². The average Bonchev–Trinajstić information content (AvgIpc) is 2.13. The van der Waals surface area contributed by atoms with E-state index in [1.165, 1.54) is 0 Å². The summed E-state index contributed by atoms with van der Waals surface area (Å²) in [5.74, 6) is 1.46. The summed E-state index contributed by atoms with van der Waals surface area (Å²) < 4.78 is 10.0. The van der Waals surface area contributed by atoms with E-state index in [0.717, 1.165) is 0 Å². The van der Waals surface area contributed by atoms with Crippen molar-refractivity contribution in [3.63, 3.8) is 0 Å². The molecule has 0 aliphatic carbocycles. The highest BCUT2D eigenvalue weighted by molar-refractivity contribution is 5.02. The van der Waals surface area contributed by atoms with E-state index in [-0.39, 0.29) is 6.10 Å². The van der Waals surface area contributed by atoms with E-state index in [1.807, 2.05) is 0 Å². The fourth-order valence-electron chi connectivity index (χ4n) is 0.674. The van der Waals surface area contributed by atoms with Crippen LogP contribution in [-0.2, 0) is 9.47 Å². The molecule has 2 radical (unpaired) electrons.